The summed E-state index contributed by atoms with van der Waals surface area (Å²) in [4.78, 5) is 28.0. The molecule has 0 aliphatic carbocycles. The van der Waals surface area contributed by atoms with Gasteiger partial charge in [-0.15, -0.1) is 0 Å². The summed E-state index contributed by atoms with van der Waals surface area (Å²) in [5.74, 6) is 0.618. The Labute approximate surface area is 168 Å². The third-order valence-corrected chi connectivity index (χ3v) is 4.83. The minimum absolute atomic E-state index is 0.157. The van der Waals surface area contributed by atoms with Crippen molar-refractivity contribution in [1.82, 2.24) is 15.5 Å². The number of hydrogen-bond acceptors (Lipinski definition) is 6. The van der Waals surface area contributed by atoms with Gasteiger partial charge in [-0.25, -0.2) is 0 Å². The molecule has 0 fully saturated rings. The van der Waals surface area contributed by atoms with Crippen LogP contribution in [0.15, 0.2) is 50.1 Å². The number of thiophene rings is 1. The van der Waals surface area contributed by atoms with E-state index in [1.807, 2.05) is 29.0 Å². The number of nitrogens with one attached hydrogen (secondary N) is 2. The number of halogens is 1. The Morgan fingerprint density at radius 2 is 1.93 bits per heavy atom. The lowest BCUT2D eigenvalue weighted by Crippen LogP contribution is -2.27. The van der Waals surface area contributed by atoms with Crippen molar-refractivity contribution < 1.29 is 14.1 Å². The van der Waals surface area contributed by atoms with Crippen molar-refractivity contribution in [3.8, 4) is 11.4 Å². The molecule has 3 rings (SSSR count). The molecule has 0 unspecified atom stereocenters. The largest absolute Gasteiger partial charge is 0.356 e. The Morgan fingerprint density at radius 1 is 1.11 bits per heavy atom. The minimum atomic E-state index is -0.165. The van der Waals surface area contributed by atoms with Crippen LogP contribution in [-0.2, 0) is 16.0 Å². The first kappa shape index (κ1) is 19.2. The quantitative estimate of drug-likeness (QED) is 0.548. The number of rotatable bonds is 8. The van der Waals surface area contributed by atoms with Gasteiger partial charge in [0.1, 0.15) is 0 Å². The highest BCUT2D eigenvalue weighted by atomic mass is 79.9. The number of aromatic nitrogens is 2. The zero-order valence-electron chi connectivity index (χ0n) is 14.3. The summed E-state index contributed by atoms with van der Waals surface area (Å²) in [7, 11) is 0. The van der Waals surface area contributed by atoms with Crippen LogP contribution in [-0.4, -0.2) is 28.5 Å². The van der Waals surface area contributed by atoms with Gasteiger partial charge >= 0.3 is 0 Å². The van der Waals surface area contributed by atoms with E-state index in [1.165, 1.54) is 0 Å². The molecule has 0 bridgehead atoms. The summed E-state index contributed by atoms with van der Waals surface area (Å²) >= 11 is 4.89. The SMILES string of the molecule is O=C(CCc1nc(-c2ccsc2)no1)NCCC(=O)Nc1ccc(Br)cc1. The van der Waals surface area contributed by atoms with Crippen LogP contribution in [0.2, 0.25) is 0 Å². The Morgan fingerprint density at radius 3 is 2.67 bits per heavy atom. The summed E-state index contributed by atoms with van der Waals surface area (Å²) in [6.45, 7) is 0.269. The Balaban J connectivity index is 1.35. The number of amides is 2. The monoisotopic (exact) mass is 448 g/mol. The first-order valence-corrected chi connectivity index (χ1v) is 10.0. The topological polar surface area (TPSA) is 97.1 Å². The second-order valence-corrected chi connectivity index (χ2v) is 7.37. The number of carbonyl (C=O) groups is 2. The van der Waals surface area contributed by atoms with Crippen molar-refractivity contribution in [3.05, 3.63) is 51.5 Å². The molecule has 1 aromatic carbocycles. The number of benzene rings is 1. The van der Waals surface area contributed by atoms with E-state index in [0.717, 1.165) is 10.0 Å². The Kier molecular flexibility index (Phi) is 6.72. The van der Waals surface area contributed by atoms with Crippen LogP contribution < -0.4 is 10.6 Å². The second kappa shape index (κ2) is 9.43. The number of nitrogens with zero attached hydrogens (tertiary/aromatic N) is 2. The van der Waals surface area contributed by atoms with Gasteiger partial charge in [0.2, 0.25) is 23.5 Å². The van der Waals surface area contributed by atoms with E-state index in [2.05, 4.69) is 36.7 Å². The van der Waals surface area contributed by atoms with Crippen molar-refractivity contribution in [2.75, 3.05) is 11.9 Å². The van der Waals surface area contributed by atoms with Crippen molar-refractivity contribution in [2.45, 2.75) is 19.3 Å². The molecule has 0 saturated carbocycles. The van der Waals surface area contributed by atoms with Crippen LogP contribution in [0, 0.1) is 0 Å². The molecule has 0 atom stereocenters. The van der Waals surface area contributed by atoms with E-state index < -0.39 is 0 Å². The number of carbonyl (C=O) groups excluding carboxylic acids is 2. The van der Waals surface area contributed by atoms with Gasteiger partial charge in [0, 0.05) is 46.9 Å². The van der Waals surface area contributed by atoms with Gasteiger partial charge < -0.3 is 15.2 Å². The number of aryl methyl sites for hydroxylation is 1. The minimum Gasteiger partial charge on any atom is -0.356 e. The van der Waals surface area contributed by atoms with Gasteiger partial charge in [0.25, 0.3) is 0 Å². The van der Waals surface area contributed by atoms with Crippen LogP contribution >= 0.6 is 27.3 Å². The summed E-state index contributed by atoms with van der Waals surface area (Å²) in [6, 6.07) is 9.20. The predicted molar refractivity (Wildman–Crippen MR) is 106 cm³/mol. The molecule has 2 aromatic heterocycles. The average Bonchev–Trinajstić information content (AvgIpc) is 3.33. The highest BCUT2D eigenvalue weighted by molar-refractivity contribution is 9.10. The van der Waals surface area contributed by atoms with Crippen LogP contribution in [0.4, 0.5) is 5.69 Å². The third kappa shape index (κ3) is 6.00. The summed E-state index contributed by atoms with van der Waals surface area (Å²) in [6.07, 6.45) is 0.776. The zero-order valence-corrected chi connectivity index (χ0v) is 16.7. The smallest absolute Gasteiger partial charge is 0.227 e. The lowest BCUT2D eigenvalue weighted by molar-refractivity contribution is -0.121. The fourth-order valence-electron chi connectivity index (χ4n) is 2.25. The maximum absolute atomic E-state index is 11.9. The lowest BCUT2D eigenvalue weighted by atomic mass is 10.2. The fraction of sp³-hybridized carbons (Fsp3) is 0.222. The fourth-order valence-corrected chi connectivity index (χ4v) is 3.15. The van der Waals surface area contributed by atoms with Gasteiger partial charge in [0.05, 0.1) is 0 Å². The molecule has 0 saturated heterocycles. The van der Waals surface area contributed by atoms with Gasteiger partial charge in [-0.3, -0.25) is 9.59 Å². The molecule has 9 heteroatoms. The van der Waals surface area contributed by atoms with E-state index in [0.29, 0.717) is 23.8 Å². The Hall–Kier alpha value is -2.52. The maximum atomic E-state index is 11.9. The molecular formula is C18H17BrN4O3S. The molecule has 0 spiro atoms. The van der Waals surface area contributed by atoms with Crippen LogP contribution in [0.25, 0.3) is 11.4 Å². The maximum Gasteiger partial charge on any atom is 0.227 e. The van der Waals surface area contributed by atoms with Gasteiger partial charge in [0.15, 0.2) is 0 Å². The summed E-state index contributed by atoms with van der Waals surface area (Å²) in [5.41, 5.74) is 1.61. The van der Waals surface area contributed by atoms with Crippen molar-refractivity contribution in [3.63, 3.8) is 0 Å². The highest BCUT2D eigenvalue weighted by Gasteiger charge is 2.11. The molecule has 140 valence electrons. The highest BCUT2D eigenvalue weighted by Crippen LogP contribution is 2.19. The van der Waals surface area contributed by atoms with Crippen molar-refractivity contribution in [2.24, 2.45) is 0 Å². The molecule has 3 aromatic rings. The van der Waals surface area contributed by atoms with Gasteiger partial charge in [-0.1, -0.05) is 21.1 Å². The second-order valence-electron chi connectivity index (χ2n) is 5.68. The molecule has 27 heavy (non-hydrogen) atoms. The summed E-state index contributed by atoms with van der Waals surface area (Å²) < 4.78 is 6.09. The van der Waals surface area contributed by atoms with E-state index in [4.69, 9.17) is 4.52 Å². The third-order valence-electron chi connectivity index (χ3n) is 3.62. The summed E-state index contributed by atoms with van der Waals surface area (Å²) in [5, 5.41) is 13.3. The van der Waals surface area contributed by atoms with Gasteiger partial charge in [-0.05, 0) is 35.7 Å². The molecule has 0 radical (unpaired) electrons. The van der Waals surface area contributed by atoms with Crippen molar-refractivity contribution in [1.29, 1.82) is 0 Å². The molecule has 7 nitrogen and oxygen atoms in total. The molecular weight excluding hydrogens is 432 g/mol. The molecule has 2 amide bonds. The zero-order chi connectivity index (χ0) is 19.1. The van der Waals surface area contributed by atoms with E-state index in [1.54, 1.807) is 23.5 Å². The first-order valence-electron chi connectivity index (χ1n) is 8.27. The normalized spacial score (nSPS) is 10.6. The molecule has 2 heterocycles. The lowest BCUT2D eigenvalue weighted by Gasteiger charge is -2.06. The predicted octanol–water partition coefficient (Wildman–Crippen LogP) is 3.64. The number of hydrogen-bond donors (Lipinski definition) is 2. The van der Waals surface area contributed by atoms with E-state index >= 15 is 0 Å². The molecule has 0 aliphatic rings. The molecule has 0 aliphatic heterocycles. The number of anilines is 1. The van der Waals surface area contributed by atoms with E-state index in [-0.39, 0.29) is 31.2 Å². The van der Waals surface area contributed by atoms with Crippen molar-refractivity contribution >= 4 is 44.8 Å². The van der Waals surface area contributed by atoms with Gasteiger partial charge in [-0.2, -0.15) is 16.3 Å². The Bertz CT molecular complexity index is 894. The van der Waals surface area contributed by atoms with Crippen LogP contribution in [0.5, 0.6) is 0 Å². The molecule has 2 N–H and O–H groups in total. The first-order chi connectivity index (χ1) is 13.1. The standard InChI is InChI=1S/C18H17BrN4O3S/c19-13-1-3-14(4-2-13)21-16(25)7-9-20-15(24)5-6-17-22-18(23-26-17)12-8-10-27-11-12/h1-4,8,10-11H,5-7,9H2,(H,20,24)(H,21,25). The van der Waals surface area contributed by atoms with Crippen LogP contribution in [0.3, 0.4) is 0 Å². The van der Waals surface area contributed by atoms with Crippen LogP contribution in [0.1, 0.15) is 18.7 Å². The average molecular weight is 449 g/mol. The van der Waals surface area contributed by atoms with E-state index in [9.17, 15) is 9.59 Å².